The van der Waals surface area contributed by atoms with Gasteiger partial charge < -0.3 is 14.8 Å². The average molecular weight is 377 g/mol. The first kappa shape index (κ1) is 17.5. The van der Waals surface area contributed by atoms with E-state index in [1.165, 1.54) is 18.4 Å². The second-order valence-electron chi connectivity index (χ2n) is 7.57. The van der Waals surface area contributed by atoms with Crippen LogP contribution in [-0.4, -0.2) is 42.0 Å². The smallest absolute Gasteiger partial charge is 0.349 e. The van der Waals surface area contributed by atoms with Crippen LogP contribution in [0.15, 0.2) is 29.1 Å². The van der Waals surface area contributed by atoms with Crippen LogP contribution < -0.4 is 11.0 Å². The normalized spacial score (nSPS) is 20.5. The Hall–Kier alpha value is -2.62. The molecule has 0 radical (unpaired) electrons. The molecule has 2 aliphatic heterocycles. The number of anilines is 1. The molecule has 1 aromatic carbocycles. The molecule has 0 amide bonds. The molecule has 0 spiro atoms. The van der Waals surface area contributed by atoms with Crippen LogP contribution in [0.2, 0.25) is 0 Å². The molecule has 2 fully saturated rings. The summed E-state index contributed by atoms with van der Waals surface area (Å²) in [5, 5.41) is 3.24. The topological polar surface area (TPSA) is 65.4 Å². The van der Waals surface area contributed by atoms with Crippen LogP contribution in [0.5, 0.6) is 0 Å². The molecule has 5 rings (SSSR count). The molecule has 0 bridgehead atoms. The monoisotopic (exact) mass is 377 g/mol. The molecular formula is C22H23N3O3. The van der Waals surface area contributed by atoms with E-state index in [-0.39, 0.29) is 11.8 Å². The van der Waals surface area contributed by atoms with Crippen LogP contribution in [0.4, 0.5) is 5.82 Å². The summed E-state index contributed by atoms with van der Waals surface area (Å²) in [6.07, 6.45) is 3.27. The highest BCUT2D eigenvalue weighted by Crippen LogP contribution is 2.30. The molecule has 1 aliphatic carbocycles. The molecule has 3 aliphatic rings. The minimum Gasteiger partial charge on any atom is -0.376 e. The van der Waals surface area contributed by atoms with E-state index in [0.717, 1.165) is 23.2 Å². The van der Waals surface area contributed by atoms with Gasteiger partial charge >= 0.3 is 5.69 Å². The van der Waals surface area contributed by atoms with Crippen molar-refractivity contribution in [2.75, 3.05) is 31.7 Å². The largest absolute Gasteiger partial charge is 0.376 e. The maximum absolute atomic E-state index is 12.5. The molecule has 2 aromatic rings. The highest BCUT2D eigenvalue weighted by Gasteiger charge is 2.20. The first-order valence-corrected chi connectivity index (χ1v) is 9.96. The summed E-state index contributed by atoms with van der Waals surface area (Å²) in [7, 11) is 0. The number of aryl methyl sites for hydroxylation is 1. The number of ether oxygens (including phenoxy) is 2. The number of aromatic nitrogens is 2. The van der Waals surface area contributed by atoms with Gasteiger partial charge in [0.15, 0.2) is 0 Å². The average Bonchev–Trinajstić information content (AvgIpc) is 3.56. The van der Waals surface area contributed by atoms with E-state index in [9.17, 15) is 4.79 Å². The van der Waals surface area contributed by atoms with Gasteiger partial charge in [-0.2, -0.15) is 4.98 Å². The maximum Gasteiger partial charge on any atom is 0.349 e. The fourth-order valence-corrected chi connectivity index (χ4v) is 3.68. The summed E-state index contributed by atoms with van der Waals surface area (Å²) in [4.78, 5) is 16.7. The third-order valence-electron chi connectivity index (χ3n) is 5.39. The van der Waals surface area contributed by atoms with E-state index in [4.69, 9.17) is 9.47 Å². The van der Waals surface area contributed by atoms with Gasteiger partial charge in [-0.1, -0.05) is 17.9 Å². The van der Waals surface area contributed by atoms with Crippen molar-refractivity contribution >= 4 is 5.82 Å². The van der Waals surface area contributed by atoms with E-state index >= 15 is 0 Å². The molecule has 1 saturated heterocycles. The van der Waals surface area contributed by atoms with Crippen LogP contribution >= 0.6 is 0 Å². The lowest BCUT2D eigenvalue weighted by atomic mass is 9.95. The number of nitrogens with one attached hydrogen (secondary N) is 1. The third kappa shape index (κ3) is 3.68. The van der Waals surface area contributed by atoms with Crippen LogP contribution in [0.1, 0.15) is 24.0 Å². The van der Waals surface area contributed by atoms with E-state index in [1.54, 1.807) is 4.57 Å². The molecule has 1 saturated carbocycles. The number of hydrogen-bond donors (Lipinski definition) is 1. The number of benzene rings is 1. The Balaban J connectivity index is 1.40. The SMILES string of the molecule is O=c1nc(NC[C@H]2COCCO2)cc2n1CCc1cc(C#CC3CC3)ccc1-2. The Bertz CT molecular complexity index is 1010. The van der Waals surface area contributed by atoms with E-state index in [2.05, 4.69) is 40.3 Å². The molecule has 6 nitrogen and oxygen atoms in total. The lowest BCUT2D eigenvalue weighted by Crippen LogP contribution is -2.35. The summed E-state index contributed by atoms with van der Waals surface area (Å²) < 4.78 is 12.8. The van der Waals surface area contributed by atoms with E-state index in [0.29, 0.717) is 44.6 Å². The number of nitrogens with zero attached hydrogens (tertiary/aromatic N) is 2. The zero-order valence-electron chi connectivity index (χ0n) is 15.7. The van der Waals surface area contributed by atoms with Gasteiger partial charge in [0.2, 0.25) is 0 Å². The van der Waals surface area contributed by atoms with Crippen molar-refractivity contribution in [3.63, 3.8) is 0 Å². The van der Waals surface area contributed by atoms with Crippen molar-refractivity contribution in [2.45, 2.75) is 31.9 Å². The quantitative estimate of drug-likeness (QED) is 0.830. The van der Waals surface area contributed by atoms with Gasteiger partial charge in [-0.05, 0) is 37.0 Å². The first-order valence-electron chi connectivity index (χ1n) is 9.96. The Morgan fingerprint density at radius 1 is 1.25 bits per heavy atom. The predicted octanol–water partition coefficient (Wildman–Crippen LogP) is 2.06. The second kappa shape index (κ2) is 7.42. The van der Waals surface area contributed by atoms with Crippen molar-refractivity contribution in [3.05, 3.63) is 45.9 Å². The first-order chi connectivity index (χ1) is 13.8. The zero-order valence-corrected chi connectivity index (χ0v) is 15.7. The Labute approximate surface area is 163 Å². The van der Waals surface area contributed by atoms with Crippen molar-refractivity contribution in [1.82, 2.24) is 9.55 Å². The van der Waals surface area contributed by atoms with Gasteiger partial charge in [0.1, 0.15) is 5.82 Å². The Morgan fingerprint density at radius 2 is 2.18 bits per heavy atom. The minimum absolute atomic E-state index is 0.0192. The van der Waals surface area contributed by atoms with Crippen LogP contribution in [-0.2, 0) is 22.4 Å². The van der Waals surface area contributed by atoms with Crippen molar-refractivity contribution in [3.8, 4) is 23.1 Å². The zero-order chi connectivity index (χ0) is 18.9. The molecule has 144 valence electrons. The Kier molecular flexibility index (Phi) is 4.63. The number of rotatable bonds is 3. The molecule has 1 atom stereocenters. The second-order valence-corrected chi connectivity index (χ2v) is 7.57. The van der Waals surface area contributed by atoms with Gasteiger partial charge in [0, 0.05) is 36.2 Å². The lowest BCUT2D eigenvalue weighted by molar-refractivity contribution is -0.0819. The minimum atomic E-state index is -0.218. The van der Waals surface area contributed by atoms with Gasteiger partial charge in [-0.15, -0.1) is 0 Å². The summed E-state index contributed by atoms with van der Waals surface area (Å²) in [5.74, 6) is 7.78. The summed E-state index contributed by atoms with van der Waals surface area (Å²) in [5.41, 5.74) is 4.07. The van der Waals surface area contributed by atoms with Gasteiger partial charge in [-0.3, -0.25) is 4.57 Å². The fraction of sp³-hybridized carbons (Fsp3) is 0.455. The molecule has 28 heavy (non-hydrogen) atoms. The van der Waals surface area contributed by atoms with Crippen molar-refractivity contribution in [1.29, 1.82) is 0 Å². The molecule has 1 N–H and O–H groups in total. The van der Waals surface area contributed by atoms with Crippen molar-refractivity contribution < 1.29 is 9.47 Å². The van der Waals surface area contributed by atoms with Gasteiger partial charge in [0.25, 0.3) is 0 Å². The molecular weight excluding hydrogens is 354 g/mol. The lowest BCUT2D eigenvalue weighted by Gasteiger charge is -2.24. The van der Waals surface area contributed by atoms with Crippen molar-refractivity contribution in [2.24, 2.45) is 5.92 Å². The van der Waals surface area contributed by atoms with Crippen LogP contribution in [0.25, 0.3) is 11.3 Å². The van der Waals surface area contributed by atoms with E-state index < -0.39 is 0 Å². The molecule has 0 unspecified atom stereocenters. The van der Waals surface area contributed by atoms with Gasteiger partial charge in [0.05, 0.1) is 31.6 Å². The number of hydrogen-bond acceptors (Lipinski definition) is 5. The third-order valence-corrected chi connectivity index (χ3v) is 5.39. The summed E-state index contributed by atoms with van der Waals surface area (Å²) >= 11 is 0. The van der Waals surface area contributed by atoms with Gasteiger partial charge in [-0.25, -0.2) is 4.79 Å². The molecule has 3 heterocycles. The molecule has 1 aromatic heterocycles. The highest BCUT2D eigenvalue weighted by atomic mass is 16.6. The highest BCUT2D eigenvalue weighted by molar-refractivity contribution is 5.69. The van der Waals surface area contributed by atoms with E-state index in [1.807, 2.05) is 6.07 Å². The summed E-state index contributed by atoms with van der Waals surface area (Å²) in [6, 6.07) is 8.26. The van der Waals surface area contributed by atoms with Crippen LogP contribution in [0.3, 0.4) is 0 Å². The number of fused-ring (bicyclic) bond motifs is 3. The molecule has 6 heteroatoms. The van der Waals surface area contributed by atoms with Crippen LogP contribution in [0, 0.1) is 17.8 Å². The standard InChI is InChI=1S/C22H23N3O3/c26-22-24-21(23-13-18-14-27-9-10-28-18)12-20-19-6-5-16(4-3-15-1-2-15)11-17(19)7-8-25(20)22/h5-6,11-12,15,18H,1-2,7-10,13-14H2,(H,23,24,26)/t18-/m0/s1. The maximum atomic E-state index is 12.5. The summed E-state index contributed by atoms with van der Waals surface area (Å²) in [6.45, 7) is 3.01. The fourth-order valence-electron chi connectivity index (χ4n) is 3.68. The predicted molar refractivity (Wildman–Crippen MR) is 106 cm³/mol. The Morgan fingerprint density at radius 3 is 3.00 bits per heavy atom.